The van der Waals surface area contributed by atoms with Gasteiger partial charge in [0.1, 0.15) is 5.75 Å². The molecule has 0 aliphatic heterocycles. The molecule has 3 aromatic carbocycles. The van der Waals surface area contributed by atoms with Gasteiger partial charge in [0.15, 0.2) is 6.10 Å². The van der Waals surface area contributed by atoms with Crippen LogP contribution < -0.4 is 10.1 Å². The Labute approximate surface area is 164 Å². The third kappa shape index (κ3) is 4.88. The molecule has 0 fully saturated rings. The molecular weight excluding hydrogens is 354 g/mol. The standard InChI is InChI=1S/C23H23NO4/c1-16(28-22(25)15-12-17-10-13-19(27-2)14-11-17)23(26)24-21-9-5-7-18-6-3-4-8-20(18)21/h3-11,13-14,16H,12,15H2,1-2H3,(H,24,26)/t16-/m1/s1. The van der Waals surface area contributed by atoms with Crippen LogP contribution in [-0.2, 0) is 20.7 Å². The molecule has 5 heteroatoms. The Kier molecular flexibility index (Phi) is 6.27. The Morgan fingerprint density at radius 1 is 0.964 bits per heavy atom. The van der Waals surface area contributed by atoms with E-state index in [0.29, 0.717) is 12.1 Å². The molecule has 144 valence electrons. The van der Waals surface area contributed by atoms with Crippen molar-refractivity contribution >= 4 is 28.3 Å². The van der Waals surface area contributed by atoms with Crippen molar-refractivity contribution in [1.82, 2.24) is 0 Å². The zero-order valence-corrected chi connectivity index (χ0v) is 16.0. The second-order valence-corrected chi connectivity index (χ2v) is 6.50. The summed E-state index contributed by atoms with van der Waals surface area (Å²) in [6, 6.07) is 21.0. The van der Waals surface area contributed by atoms with Crippen LogP contribution in [0.15, 0.2) is 66.7 Å². The Morgan fingerprint density at radius 3 is 2.43 bits per heavy atom. The molecule has 5 nitrogen and oxygen atoms in total. The maximum Gasteiger partial charge on any atom is 0.306 e. The van der Waals surface area contributed by atoms with Gasteiger partial charge in [-0.25, -0.2) is 0 Å². The van der Waals surface area contributed by atoms with E-state index in [-0.39, 0.29) is 12.3 Å². The lowest BCUT2D eigenvalue weighted by molar-refractivity contribution is -0.153. The number of carbonyl (C=O) groups is 2. The largest absolute Gasteiger partial charge is 0.497 e. The Morgan fingerprint density at radius 2 is 1.68 bits per heavy atom. The van der Waals surface area contributed by atoms with Gasteiger partial charge in [-0.3, -0.25) is 9.59 Å². The SMILES string of the molecule is COc1ccc(CCC(=O)O[C@H](C)C(=O)Nc2cccc3ccccc23)cc1. The molecule has 0 saturated heterocycles. The number of esters is 1. The van der Waals surface area contributed by atoms with Crippen LogP contribution in [0.3, 0.4) is 0 Å². The number of amides is 1. The summed E-state index contributed by atoms with van der Waals surface area (Å²) in [7, 11) is 1.61. The van der Waals surface area contributed by atoms with Crippen LogP contribution in [0.1, 0.15) is 18.9 Å². The van der Waals surface area contributed by atoms with Crippen LogP contribution in [0.5, 0.6) is 5.75 Å². The number of nitrogens with one attached hydrogen (secondary N) is 1. The van der Waals surface area contributed by atoms with E-state index in [1.165, 1.54) is 0 Å². The van der Waals surface area contributed by atoms with Gasteiger partial charge in [-0.1, -0.05) is 48.5 Å². The van der Waals surface area contributed by atoms with Crippen LogP contribution >= 0.6 is 0 Å². The van der Waals surface area contributed by atoms with Gasteiger partial charge >= 0.3 is 5.97 Å². The minimum atomic E-state index is -0.873. The molecule has 0 radical (unpaired) electrons. The molecule has 0 bridgehead atoms. The predicted molar refractivity (Wildman–Crippen MR) is 109 cm³/mol. The maximum absolute atomic E-state index is 12.4. The second kappa shape index (κ2) is 9.04. The highest BCUT2D eigenvalue weighted by Gasteiger charge is 2.18. The van der Waals surface area contributed by atoms with Crippen molar-refractivity contribution in [3.63, 3.8) is 0 Å². The van der Waals surface area contributed by atoms with Gasteiger partial charge in [-0.05, 0) is 42.5 Å². The highest BCUT2D eigenvalue weighted by Crippen LogP contribution is 2.23. The number of carbonyl (C=O) groups excluding carboxylic acids is 2. The summed E-state index contributed by atoms with van der Waals surface area (Å²) in [5.74, 6) is 0.00981. The summed E-state index contributed by atoms with van der Waals surface area (Å²) >= 11 is 0. The number of anilines is 1. The molecule has 0 heterocycles. The van der Waals surface area contributed by atoms with E-state index in [4.69, 9.17) is 9.47 Å². The van der Waals surface area contributed by atoms with Crippen molar-refractivity contribution in [3.8, 4) is 5.75 Å². The first kappa shape index (κ1) is 19.4. The number of hydrogen-bond donors (Lipinski definition) is 1. The van der Waals surface area contributed by atoms with Crippen LogP contribution in [-0.4, -0.2) is 25.1 Å². The zero-order chi connectivity index (χ0) is 19.9. The molecule has 0 aliphatic rings. The molecule has 0 saturated carbocycles. The zero-order valence-electron chi connectivity index (χ0n) is 16.0. The predicted octanol–water partition coefficient (Wildman–Crippen LogP) is 4.35. The number of fused-ring (bicyclic) bond motifs is 1. The van der Waals surface area contributed by atoms with Crippen molar-refractivity contribution < 1.29 is 19.1 Å². The average molecular weight is 377 g/mol. The van der Waals surface area contributed by atoms with E-state index in [9.17, 15) is 9.59 Å². The number of hydrogen-bond acceptors (Lipinski definition) is 4. The van der Waals surface area contributed by atoms with Gasteiger partial charge in [-0.15, -0.1) is 0 Å². The first-order valence-corrected chi connectivity index (χ1v) is 9.18. The molecule has 28 heavy (non-hydrogen) atoms. The fourth-order valence-corrected chi connectivity index (χ4v) is 2.92. The van der Waals surface area contributed by atoms with Crippen molar-refractivity contribution in [1.29, 1.82) is 0 Å². The van der Waals surface area contributed by atoms with Crippen LogP contribution in [0.2, 0.25) is 0 Å². The lowest BCUT2D eigenvalue weighted by Crippen LogP contribution is -2.30. The van der Waals surface area contributed by atoms with Crippen LogP contribution in [0, 0.1) is 0 Å². The highest BCUT2D eigenvalue weighted by atomic mass is 16.5. The summed E-state index contributed by atoms with van der Waals surface area (Å²) < 4.78 is 10.4. The first-order valence-electron chi connectivity index (χ1n) is 9.18. The van der Waals surface area contributed by atoms with Crippen molar-refractivity contribution in [2.24, 2.45) is 0 Å². The van der Waals surface area contributed by atoms with E-state index in [0.717, 1.165) is 22.1 Å². The Hall–Kier alpha value is -3.34. The summed E-state index contributed by atoms with van der Waals surface area (Å²) in [6.07, 6.45) is -0.124. The van der Waals surface area contributed by atoms with E-state index in [1.54, 1.807) is 14.0 Å². The molecule has 3 rings (SSSR count). The van der Waals surface area contributed by atoms with Gasteiger partial charge in [0.2, 0.25) is 0 Å². The Bertz CT molecular complexity index is 961. The van der Waals surface area contributed by atoms with Gasteiger partial charge in [0, 0.05) is 17.5 Å². The van der Waals surface area contributed by atoms with Gasteiger partial charge in [0.05, 0.1) is 7.11 Å². The summed E-state index contributed by atoms with van der Waals surface area (Å²) in [6.45, 7) is 1.58. The fraction of sp³-hybridized carbons (Fsp3) is 0.217. The first-order chi connectivity index (χ1) is 13.6. The van der Waals surface area contributed by atoms with Gasteiger partial charge in [-0.2, -0.15) is 0 Å². The minimum absolute atomic E-state index is 0.207. The lowest BCUT2D eigenvalue weighted by atomic mass is 10.1. The van der Waals surface area contributed by atoms with Crippen molar-refractivity contribution in [2.75, 3.05) is 12.4 Å². The molecule has 1 N–H and O–H groups in total. The summed E-state index contributed by atoms with van der Waals surface area (Å²) in [4.78, 5) is 24.5. The molecule has 0 aromatic heterocycles. The average Bonchev–Trinajstić information content (AvgIpc) is 2.73. The van der Waals surface area contributed by atoms with E-state index in [2.05, 4.69) is 5.32 Å². The van der Waals surface area contributed by atoms with Crippen molar-refractivity contribution in [3.05, 3.63) is 72.3 Å². The van der Waals surface area contributed by atoms with E-state index >= 15 is 0 Å². The molecule has 3 aromatic rings. The van der Waals surface area contributed by atoms with Gasteiger partial charge < -0.3 is 14.8 Å². The summed E-state index contributed by atoms with van der Waals surface area (Å²) in [5.41, 5.74) is 1.70. The maximum atomic E-state index is 12.4. The number of aryl methyl sites for hydroxylation is 1. The number of benzene rings is 3. The normalized spacial score (nSPS) is 11.6. The number of rotatable bonds is 7. The third-order valence-corrected chi connectivity index (χ3v) is 4.50. The summed E-state index contributed by atoms with van der Waals surface area (Å²) in [5, 5.41) is 4.82. The lowest BCUT2D eigenvalue weighted by Gasteiger charge is -2.15. The fourth-order valence-electron chi connectivity index (χ4n) is 2.92. The minimum Gasteiger partial charge on any atom is -0.497 e. The molecular formula is C23H23NO4. The van der Waals surface area contributed by atoms with Crippen LogP contribution in [0.4, 0.5) is 5.69 Å². The number of ether oxygens (including phenoxy) is 2. The van der Waals surface area contributed by atoms with E-state index in [1.807, 2.05) is 66.7 Å². The topological polar surface area (TPSA) is 64.6 Å². The van der Waals surface area contributed by atoms with E-state index < -0.39 is 12.1 Å². The van der Waals surface area contributed by atoms with Crippen LogP contribution in [0.25, 0.3) is 10.8 Å². The second-order valence-electron chi connectivity index (χ2n) is 6.50. The van der Waals surface area contributed by atoms with Gasteiger partial charge in [0.25, 0.3) is 5.91 Å². The monoisotopic (exact) mass is 377 g/mol. The highest BCUT2D eigenvalue weighted by molar-refractivity contribution is 6.03. The molecule has 1 amide bonds. The quantitative estimate of drug-likeness (QED) is 0.622. The molecule has 0 aliphatic carbocycles. The third-order valence-electron chi connectivity index (χ3n) is 4.50. The van der Waals surface area contributed by atoms with Crippen molar-refractivity contribution in [2.45, 2.75) is 25.9 Å². The molecule has 0 unspecified atom stereocenters. The number of methoxy groups -OCH3 is 1. The Balaban J connectivity index is 1.53. The molecule has 0 spiro atoms. The smallest absolute Gasteiger partial charge is 0.306 e. The molecule has 1 atom stereocenters.